The first-order valence-electron chi connectivity index (χ1n) is 7.81. The molecule has 4 heteroatoms. The van der Waals surface area contributed by atoms with Crippen LogP contribution in [0.1, 0.15) is 37.7 Å². The van der Waals surface area contributed by atoms with Crippen LogP contribution in [0, 0.1) is 5.41 Å². The van der Waals surface area contributed by atoms with Crippen LogP contribution in [0.2, 0.25) is 0 Å². The van der Waals surface area contributed by atoms with Crippen molar-refractivity contribution >= 4 is 6.09 Å². The van der Waals surface area contributed by atoms with E-state index in [9.17, 15) is 9.90 Å². The van der Waals surface area contributed by atoms with Crippen LogP contribution in [0.3, 0.4) is 0 Å². The molecule has 4 nitrogen and oxygen atoms in total. The van der Waals surface area contributed by atoms with E-state index in [-0.39, 0.29) is 11.5 Å². The Balaban J connectivity index is 1.58. The summed E-state index contributed by atoms with van der Waals surface area (Å²) in [6.07, 6.45) is 4.76. The Hall–Kier alpha value is -1.55. The van der Waals surface area contributed by atoms with Gasteiger partial charge in [0.15, 0.2) is 0 Å². The van der Waals surface area contributed by atoms with Gasteiger partial charge in [-0.15, -0.1) is 0 Å². The molecule has 0 bridgehead atoms. The minimum Gasteiger partial charge on any atom is -0.445 e. The van der Waals surface area contributed by atoms with Crippen molar-refractivity contribution in [3.63, 3.8) is 0 Å². The van der Waals surface area contributed by atoms with E-state index in [2.05, 4.69) is 0 Å². The van der Waals surface area contributed by atoms with Crippen LogP contribution >= 0.6 is 0 Å². The summed E-state index contributed by atoms with van der Waals surface area (Å²) in [5.41, 5.74) is 1.11. The van der Waals surface area contributed by atoms with Crippen molar-refractivity contribution in [1.82, 2.24) is 4.90 Å². The fraction of sp³-hybridized carbons (Fsp3) is 0.588. The van der Waals surface area contributed by atoms with Crippen molar-refractivity contribution in [2.45, 2.75) is 44.8 Å². The van der Waals surface area contributed by atoms with Crippen LogP contribution < -0.4 is 0 Å². The lowest BCUT2D eigenvalue weighted by Crippen LogP contribution is -2.50. The maximum absolute atomic E-state index is 12.2. The Bertz CT molecular complexity index is 482. The molecule has 1 aromatic rings. The molecule has 2 aliphatic rings. The largest absolute Gasteiger partial charge is 0.445 e. The van der Waals surface area contributed by atoms with Crippen molar-refractivity contribution in [2.75, 3.05) is 13.1 Å². The number of rotatable bonds is 2. The van der Waals surface area contributed by atoms with E-state index in [1.807, 2.05) is 30.3 Å². The van der Waals surface area contributed by atoms with Crippen LogP contribution in [-0.4, -0.2) is 35.3 Å². The molecule has 21 heavy (non-hydrogen) atoms. The zero-order chi connectivity index (χ0) is 14.7. The summed E-state index contributed by atoms with van der Waals surface area (Å²) < 4.78 is 5.39. The number of hydrogen-bond donors (Lipinski definition) is 1. The molecule has 1 saturated carbocycles. The first-order chi connectivity index (χ1) is 10.2. The molecule has 114 valence electrons. The highest BCUT2D eigenvalue weighted by molar-refractivity contribution is 5.68. The molecule has 1 saturated heterocycles. The van der Waals surface area contributed by atoms with E-state index in [0.29, 0.717) is 13.2 Å². The van der Waals surface area contributed by atoms with Crippen LogP contribution in [0.15, 0.2) is 30.3 Å². The lowest BCUT2D eigenvalue weighted by atomic mass is 9.77. The molecule has 1 N–H and O–H groups in total. The van der Waals surface area contributed by atoms with Crippen molar-refractivity contribution in [3.05, 3.63) is 35.9 Å². The number of amides is 1. The van der Waals surface area contributed by atoms with Gasteiger partial charge in [0.2, 0.25) is 0 Å². The first kappa shape index (κ1) is 14.4. The highest BCUT2D eigenvalue weighted by Gasteiger charge is 2.42. The molecule has 1 amide bonds. The fourth-order valence-electron chi connectivity index (χ4n) is 3.79. The van der Waals surface area contributed by atoms with Crippen LogP contribution in [0.5, 0.6) is 0 Å². The number of nitrogens with zero attached hydrogens (tertiary/aromatic N) is 1. The van der Waals surface area contributed by atoms with Crippen molar-refractivity contribution in [3.8, 4) is 0 Å². The van der Waals surface area contributed by atoms with Gasteiger partial charge in [-0.1, -0.05) is 43.2 Å². The minimum atomic E-state index is -0.416. The summed E-state index contributed by atoms with van der Waals surface area (Å²) in [5, 5.41) is 10.1. The Kier molecular flexibility index (Phi) is 4.15. The standard InChI is InChI=1S/C17H23NO3/c19-15-10-17(8-4-5-9-17)13-18(11-15)16(20)21-12-14-6-2-1-3-7-14/h1-3,6-7,15,19H,4-5,8-13H2. The van der Waals surface area contributed by atoms with E-state index in [1.54, 1.807) is 4.90 Å². The van der Waals surface area contributed by atoms with E-state index in [1.165, 1.54) is 12.8 Å². The molecule has 3 rings (SSSR count). The Labute approximate surface area is 125 Å². The topological polar surface area (TPSA) is 49.8 Å². The highest BCUT2D eigenvalue weighted by Crippen LogP contribution is 2.44. The summed E-state index contributed by atoms with van der Waals surface area (Å²) >= 11 is 0. The maximum atomic E-state index is 12.2. The van der Waals surface area contributed by atoms with Gasteiger partial charge in [0.05, 0.1) is 6.10 Å². The third kappa shape index (κ3) is 3.38. The molecule has 2 fully saturated rings. The maximum Gasteiger partial charge on any atom is 0.410 e. The number of β-amino-alcohol motifs (C(OH)–C–C–N with tert-alkyl or cyclic N) is 1. The van der Waals surface area contributed by atoms with E-state index in [0.717, 1.165) is 31.4 Å². The summed E-state index contributed by atoms with van der Waals surface area (Å²) in [6.45, 7) is 1.42. The van der Waals surface area contributed by atoms with Gasteiger partial charge in [0.25, 0.3) is 0 Å². The third-order valence-corrected chi connectivity index (χ3v) is 4.75. The van der Waals surface area contributed by atoms with Gasteiger partial charge < -0.3 is 14.7 Å². The molecule has 1 heterocycles. The number of aliphatic hydroxyl groups excluding tert-OH is 1. The predicted octanol–water partition coefficient (Wildman–Crippen LogP) is 2.95. The Morgan fingerprint density at radius 3 is 2.71 bits per heavy atom. The number of carbonyl (C=O) groups is 1. The summed E-state index contributed by atoms with van der Waals surface area (Å²) in [6, 6.07) is 9.69. The smallest absolute Gasteiger partial charge is 0.410 e. The van der Waals surface area contributed by atoms with E-state index in [4.69, 9.17) is 4.74 Å². The predicted molar refractivity (Wildman–Crippen MR) is 79.7 cm³/mol. The number of likely N-dealkylation sites (tertiary alicyclic amines) is 1. The molecule has 1 atom stereocenters. The van der Waals surface area contributed by atoms with Gasteiger partial charge in [-0.3, -0.25) is 0 Å². The Morgan fingerprint density at radius 2 is 2.00 bits per heavy atom. The van der Waals surface area contributed by atoms with Crippen molar-refractivity contribution in [2.24, 2.45) is 5.41 Å². The fourth-order valence-corrected chi connectivity index (χ4v) is 3.79. The quantitative estimate of drug-likeness (QED) is 0.910. The number of benzene rings is 1. The molecule has 1 aliphatic heterocycles. The third-order valence-electron chi connectivity index (χ3n) is 4.75. The number of hydrogen-bond acceptors (Lipinski definition) is 3. The van der Waals surface area contributed by atoms with E-state index >= 15 is 0 Å². The van der Waals surface area contributed by atoms with Gasteiger partial charge in [-0.2, -0.15) is 0 Å². The van der Waals surface area contributed by atoms with Gasteiger partial charge in [0.1, 0.15) is 6.61 Å². The second kappa shape index (κ2) is 6.06. The van der Waals surface area contributed by atoms with Crippen molar-refractivity contribution in [1.29, 1.82) is 0 Å². The zero-order valence-corrected chi connectivity index (χ0v) is 12.3. The van der Waals surface area contributed by atoms with Crippen LogP contribution in [0.25, 0.3) is 0 Å². The molecular weight excluding hydrogens is 266 g/mol. The average Bonchev–Trinajstić information content (AvgIpc) is 2.92. The second-order valence-electron chi connectivity index (χ2n) is 6.49. The molecule has 0 radical (unpaired) electrons. The van der Waals surface area contributed by atoms with Gasteiger partial charge in [0, 0.05) is 13.1 Å². The van der Waals surface area contributed by atoms with Crippen molar-refractivity contribution < 1.29 is 14.6 Å². The zero-order valence-electron chi connectivity index (χ0n) is 12.3. The minimum absolute atomic E-state index is 0.128. The molecule has 1 aromatic carbocycles. The SMILES string of the molecule is O=C(OCc1ccccc1)N1CC(O)CC2(CCCC2)C1. The van der Waals surface area contributed by atoms with E-state index < -0.39 is 6.10 Å². The normalized spacial score (nSPS) is 24.2. The summed E-state index contributed by atoms with van der Waals surface area (Å²) in [7, 11) is 0. The number of piperidine rings is 1. The van der Waals surface area contributed by atoms with Gasteiger partial charge >= 0.3 is 6.09 Å². The first-order valence-corrected chi connectivity index (χ1v) is 7.81. The monoisotopic (exact) mass is 289 g/mol. The van der Waals surface area contributed by atoms with Gasteiger partial charge in [-0.25, -0.2) is 4.79 Å². The van der Waals surface area contributed by atoms with Crippen LogP contribution in [-0.2, 0) is 11.3 Å². The second-order valence-corrected chi connectivity index (χ2v) is 6.49. The molecule has 0 aromatic heterocycles. The summed E-state index contributed by atoms with van der Waals surface area (Å²) in [5.74, 6) is 0. The number of ether oxygens (including phenoxy) is 1. The molecule has 1 aliphatic carbocycles. The Morgan fingerprint density at radius 1 is 1.29 bits per heavy atom. The lowest BCUT2D eigenvalue weighted by molar-refractivity contribution is -0.0104. The highest BCUT2D eigenvalue weighted by atomic mass is 16.6. The number of carbonyl (C=O) groups excluding carboxylic acids is 1. The van der Waals surface area contributed by atoms with Crippen LogP contribution in [0.4, 0.5) is 4.79 Å². The average molecular weight is 289 g/mol. The lowest BCUT2D eigenvalue weighted by Gasteiger charge is -2.42. The summed E-state index contributed by atoms with van der Waals surface area (Å²) in [4.78, 5) is 13.9. The molecule has 1 unspecified atom stereocenters. The van der Waals surface area contributed by atoms with Gasteiger partial charge in [-0.05, 0) is 30.2 Å². The molecule has 1 spiro atoms. The molecular formula is C17H23NO3. The number of aliphatic hydroxyl groups is 1.